The number of hydrogen-bond acceptors (Lipinski definition) is 2. The van der Waals surface area contributed by atoms with Crippen LogP contribution in [-0.2, 0) is 0 Å². The number of rotatable bonds is 5. The van der Waals surface area contributed by atoms with Crippen molar-refractivity contribution < 1.29 is 4.79 Å². The zero-order valence-corrected chi connectivity index (χ0v) is 10.6. The van der Waals surface area contributed by atoms with Crippen molar-refractivity contribution in [3.63, 3.8) is 0 Å². The smallest absolute Gasteiger partial charge is 0.268 e. The van der Waals surface area contributed by atoms with Gasteiger partial charge in [0.2, 0.25) is 0 Å². The van der Waals surface area contributed by atoms with Gasteiger partial charge in [0.1, 0.15) is 5.69 Å². The van der Waals surface area contributed by atoms with Crippen LogP contribution in [0.5, 0.6) is 0 Å². The normalized spacial score (nSPS) is 12.2. The maximum absolute atomic E-state index is 12.0. The quantitative estimate of drug-likeness (QED) is 0.849. The molecule has 1 aromatic heterocycles. The Hall–Kier alpha value is -1.76. The second kappa shape index (κ2) is 6.09. The van der Waals surface area contributed by atoms with Crippen LogP contribution in [0.1, 0.15) is 50.1 Å². The maximum Gasteiger partial charge on any atom is 0.268 e. The Morgan fingerprint density at radius 1 is 1.59 bits per heavy atom. The fourth-order valence-electron chi connectivity index (χ4n) is 1.70. The fourth-order valence-corrected chi connectivity index (χ4v) is 1.70. The van der Waals surface area contributed by atoms with Crippen molar-refractivity contribution in [1.29, 1.82) is 5.26 Å². The first-order valence-corrected chi connectivity index (χ1v) is 5.94. The average Bonchev–Trinajstić information content (AvgIpc) is 2.77. The van der Waals surface area contributed by atoms with Crippen molar-refractivity contribution in [3.8, 4) is 6.07 Å². The Balaban J connectivity index is 2.76. The van der Waals surface area contributed by atoms with Crippen LogP contribution < -0.4 is 5.32 Å². The molecule has 0 bridgehead atoms. The van der Waals surface area contributed by atoms with Crippen molar-refractivity contribution in [2.75, 3.05) is 0 Å². The SMILES string of the molecule is CCC(CC#N)NC(=O)c1cccn1C(C)C. The fraction of sp³-hybridized carbons (Fsp3) is 0.538. The van der Waals surface area contributed by atoms with E-state index in [1.54, 1.807) is 6.07 Å². The summed E-state index contributed by atoms with van der Waals surface area (Å²) in [6.45, 7) is 6.02. The van der Waals surface area contributed by atoms with Crippen LogP contribution in [0, 0.1) is 11.3 Å². The van der Waals surface area contributed by atoms with Gasteiger partial charge in [0.25, 0.3) is 5.91 Å². The summed E-state index contributed by atoms with van der Waals surface area (Å²) in [6.07, 6.45) is 3.01. The highest BCUT2D eigenvalue weighted by Gasteiger charge is 2.15. The lowest BCUT2D eigenvalue weighted by atomic mass is 10.1. The first kappa shape index (κ1) is 13.3. The van der Waals surface area contributed by atoms with Gasteiger partial charge in [-0.3, -0.25) is 4.79 Å². The molecule has 0 aliphatic heterocycles. The highest BCUT2D eigenvalue weighted by atomic mass is 16.2. The third-order valence-corrected chi connectivity index (χ3v) is 2.73. The molecule has 1 heterocycles. The molecule has 0 saturated carbocycles. The Kier molecular flexibility index (Phi) is 4.77. The van der Waals surface area contributed by atoms with Crippen molar-refractivity contribution >= 4 is 5.91 Å². The summed E-state index contributed by atoms with van der Waals surface area (Å²) in [6, 6.07) is 5.93. The van der Waals surface area contributed by atoms with Crippen LogP contribution in [0.3, 0.4) is 0 Å². The second-order valence-corrected chi connectivity index (χ2v) is 4.34. The number of carbonyl (C=O) groups excluding carboxylic acids is 1. The molecule has 1 N–H and O–H groups in total. The highest BCUT2D eigenvalue weighted by molar-refractivity contribution is 5.93. The first-order chi connectivity index (χ1) is 8.10. The van der Waals surface area contributed by atoms with Crippen LogP contribution in [0.4, 0.5) is 0 Å². The van der Waals surface area contributed by atoms with Gasteiger partial charge in [0.15, 0.2) is 0 Å². The van der Waals surface area contributed by atoms with Crippen molar-refractivity contribution in [2.24, 2.45) is 0 Å². The molecule has 0 spiro atoms. The largest absolute Gasteiger partial charge is 0.347 e. The number of aromatic nitrogens is 1. The minimum Gasteiger partial charge on any atom is -0.347 e. The van der Waals surface area contributed by atoms with Gasteiger partial charge in [-0.15, -0.1) is 0 Å². The predicted octanol–water partition coefficient (Wildman–Crippen LogP) is 2.49. The lowest BCUT2D eigenvalue weighted by Crippen LogP contribution is -2.35. The molecule has 1 rings (SSSR count). The summed E-state index contributed by atoms with van der Waals surface area (Å²) < 4.78 is 1.93. The third kappa shape index (κ3) is 3.35. The summed E-state index contributed by atoms with van der Waals surface area (Å²) in [7, 11) is 0. The molecule has 17 heavy (non-hydrogen) atoms. The summed E-state index contributed by atoms with van der Waals surface area (Å²) in [5, 5.41) is 11.5. The molecule has 1 aromatic rings. The molecule has 0 aromatic carbocycles. The van der Waals surface area contributed by atoms with E-state index in [0.717, 1.165) is 6.42 Å². The Morgan fingerprint density at radius 2 is 2.29 bits per heavy atom. The third-order valence-electron chi connectivity index (χ3n) is 2.73. The summed E-state index contributed by atoms with van der Waals surface area (Å²) >= 11 is 0. The summed E-state index contributed by atoms with van der Waals surface area (Å²) in [5.74, 6) is -0.106. The average molecular weight is 233 g/mol. The van der Waals surface area contributed by atoms with Gasteiger partial charge in [-0.05, 0) is 32.4 Å². The van der Waals surface area contributed by atoms with E-state index in [-0.39, 0.29) is 18.0 Å². The van der Waals surface area contributed by atoms with Gasteiger partial charge in [0.05, 0.1) is 12.5 Å². The standard InChI is InChI=1S/C13H19N3O/c1-4-11(7-8-14)15-13(17)12-6-5-9-16(12)10(2)3/h5-6,9-11H,4,7H2,1-3H3,(H,15,17). The van der Waals surface area contributed by atoms with E-state index in [9.17, 15) is 4.79 Å². The topological polar surface area (TPSA) is 57.8 Å². The van der Waals surface area contributed by atoms with E-state index in [4.69, 9.17) is 5.26 Å². The van der Waals surface area contributed by atoms with E-state index in [2.05, 4.69) is 11.4 Å². The van der Waals surface area contributed by atoms with E-state index >= 15 is 0 Å². The number of nitrogens with zero attached hydrogens (tertiary/aromatic N) is 2. The van der Waals surface area contributed by atoms with Crippen molar-refractivity contribution in [1.82, 2.24) is 9.88 Å². The Labute approximate surface area is 102 Å². The molecule has 92 valence electrons. The lowest BCUT2D eigenvalue weighted by molar-refractivity contribution is 0.0925. The molecular formula is C13H19N3O. The van der Waals surface area contributed by atoms with E-state index < -0.39 is 0 Å². The molecule has 0 saturated heterocycles. The van der Waals surface area contributed by atoms with E-state index in [1.165, 1.54) is 0 Å². The Morgan fingerprint density at radius 3 is 2.82 bits per heavy atom. The minimum atomic E-state index is -0.106. The van der Waals surface area contributed by atoms with Crippen LogP contribution in [0.2, 0.25) is 0 Å². The number of hydrogen-bond donors (Lipinski definition) is 1. The van der Waals surface area contributed by atoms with Crippen LogP contribution in [0.25, 0.3) is 0 Å². The molecule has 4 nitrogen and oxygen atoms in total. The maximum atomic E-state index is 12.0. The lowest BCUT2D eigenvalue weighted by Gasteiger charge is -2.16. The molecule has 1 atom stereocenters. The molecule has 0 aliphatic carbocycles. The molecule has 0 radical (unpaired) electrons. The summed E-state index contributed by atoms with van der Waals surface area (Å²) in [4.78, 5) is 12.0. The van der Waals surface area contributed by atoms with Gasteiger partial charge < -0.3 is 9.88 Å². The van der Waals surface area contributed by atoms with Gasteiger partial charge in [0, 0.05) is 18.3 Å². The van der Waals surface area contributed by atoms with Gasteiger partial charge in [-0.1, -0.05) is 6.92 Å². The molecule has 0 fully saturated rings. The minimum absolute atomic E-state index is 0.0667. The molecule has 4 heteroatoms. The number of nitriles is 1. The van der Waals surface area contributed by atoms with Crippen molar-refractivity contribution in [3.05, 3.63) is 24.0 Å². The zero-order valence-electron chi connectivity index (χ0n) is 10.6. The Bertz CT molecular complexity index is 415. The molecule has 1 amide bonds. The second-order valence-electron chi connectivity index (χ2n) is 4.34. The zero-order chi connectivity index (χ0) is 12.8. The number of nitrogens with one attached hydrogen (secondary N) is 1. The number of amides is 1. The highest BCUT2D eigenvalue weighted by Crippen LogP contribution is 2.11. The van der Waals surface area contributed by atoms with Gasteiger partial charge in [-0.25, -0.2) is 0 Å². The molecular weight excluding hydrogens is 214 g/mol. The first-order valence-electron chi connectivity index (χ1n) is 5.94. The predicted molar refractivity (Wildman–Crippen MR) is 66.6 cm³/mol. The molecule has 1 unspecified atom stereocenters. The van der Waals surface area contributed by atoms with Crippen LogP contribution in [0.15, 0.2) is 18.3 Å². The van der Waals surface area contributed by atoms with Gasteiger partial charge in [-0.2, -0.15) is 5.26 Å². The van der Waals surface area contributed by atoms with Crippen LogP contribution >= 0.6 is 0 Å². The van der Waals surface area contributed by atoms with Gasteiger partial charge >= 0.3 is 0 Å². The summed E-state index contributed by atoms with van der Waals surface area (Å²) in [5.41, 5.74) is 0.649. The van der Waals surface area contributed by atoms with Crippen LogP contribution in [-0.4, -0.2) is 16.5 Å². The number of carbonyl (C=O) groups is 1. The van der Waals surface area contributed by atoms with E-state index in [1.807, 2.05) is 37.6 Å². The monoisotopic (exact) mass is 233 g/mol. The molecule has 0 aliphatic rings. The van der Waals surface area contributed by atoms with Crippen molar-refractivity contribution in [2.45, 2.75) is 45.7 Å². The van der Waals surface area contributed by atoms with E-state index in [0.29, 0.717) is 12.1 Å².